The third-order valence-electron chi connectivity index (χ3n) is 5.72. The lowest BCUT2D eigenvalue weighted by Gasteiger charge is -2.17. The van der Waals surface area contributed by atoms with Gasteiger partial charge >= 0.3 is 5.69 Å². The fraction of sp³-hybridized carbons (Fsp3) is 0.231. The molecule has 0 saturated carbocycles. The molecule has 174 valence electrons. The highest BCUT2D eigenvalue weighted by molar-refractivity contribution is 5.91. The van der Waals surface area contributed by atoms with E-state index in [0.717, 1.165) is 16.6 Å². The van der Waals surface area contributed by atoms with Gasteiger partial charge in [-0.15, -0.1) is 0 Å². The van der Waals surface area contributed by atoms with Gasteiger partial charge in [-0.25, -0.2) is 18.9 Å². The topological polar surface area (TPSA) is 95.2 Å². The minimum Gasteiger partial charge on any atom is -0.495 e. The molecule has 2 heterocycles. The van der Waals surface area contributed by atoms with E-state index < -0.39 is 23.7 Å². The fourth-order valence-electron chi connectivity index (χ4n) is 4.13. The summed E-state index contributed by atoms with van der Waals surface area (Å²) in [5.74, 6) is -0.0258. The van der Waals surface area contributed by atoms with E-state index in [1.807, 2.05) is 25.1 Å². The second kappa shape index (κ2) is 9.35. The molecule has 0 atom stereocenters. The number of aryl methyl sites for hydroxylation is 3. The Hall–Kier alpha value is -4.20. The number of carbonyl (C=O) groups excluding carboxylic acids is 1. The number of pyridine rings is 1. The van der Waals surface area contributed by atoms with Gasteiger partial charge in [-0.1, -0.05) is 37.3 Å². The average molecular weight is 459 g/mol. The second-order valence-electron chi connectivity index (χ2n) is 8.02. The van der Waals surface area contributed by atoms with Crippen LogP contribution < -0.4 is 21.3 Å². The molecule has 2 aromatic heterocycles. The summed E-state index contributed by atoms with van der Waals surface area (Å²) < 4.78 is 7.75. The van der Waals surface area contributed by atoms with Crippen LogP contribution in [-0.4, -0.2) is 27.1 Å². The van der Waals surface area contributed by atoms with Crippen molar-refractivity contribution in [2.24, 2.45) is 0 Å². The lowest BCUT2D eigenvalue weighted by atomic mass is 10.1. The predicted octanol–water partition coefficient (Wildman–Crippen LogP) is 3.37. The average Bonchev–Trinajstić information content (AvgIpc) is 2.82. The third-order valence-corrected chi connectivity index (χ3v) is 5.72. The zero-order chi connectivity index (χ0) is 24.4. The maximum atomic E-state index is 13.7. The van der Waals surface area contributed by atoms with E-state index in [1.54, 1.807) is 50.2 Å². The van der Waals surface area contributed by atoms with Crippen LogP contribution in [-0.2, 0) is 17.8 Å². The number of para-hydroxylation sites is 3. The molecular weight excluding hydrogens is 432 g/mol. The second-order valence-corrected chi connectivity index (χ2v) is 8.02. The zero-order valence-corrected chi connectivity index (χ0v) is 19.6. The first kappa shape index (κ1) is 23.0. The van der Waals surface area contributed by atoms with E-state index in [4.69, 9.17) is 4.74 Å². The molecule has 0 spiro atoms. The molecule has 1 N–H and O–H groups in total. The number of benzene rings is 2. The molecule has 0 unspecified atom stereocenters. The van der Waals surface area contributed by atoms with E-state index in [2.05, 4.69) is 10.3 Å². The first-order valence-electron chi connectivity index (χ1n) is 11.0. The number of ether oxygens (including phenoxy) is 1. The number of methoxy groups -OCH3 is 1. The van der Waals surface area contributed by atoms with Gasteiger partial charge in [0.2, 0.25) is 5.91 Å². The van der Waals surface area contributed by atoms with Crippen molar-refractivity contribution in [2.45, 2.75) is 33.7 Å². The highest BCUT2D eigenvalue weighted by Gasteiger charge is 2.21. The van der Waals surface area contributed by atoms with Gasteiger partial charge in [-0.2, -0.15) is 0 Å². The molecule has 0 radical (unpaired) electrons. The van der Waals surface area contributed by atoms with Crippen molar-refractivity contribution in [3.63, 3.8) is 0 Å². The molecule has 2 aromatic carbocycles. The maximum Gasteiger partial charge on any atom is 0.337 e. The molecule has 0 aliphatic rings. The van der Waals surface area contributed by atoms with Gasteiger partial charge in [0, 0.05) is 11.4 Å². The number of anilines is 1. The minimum atomic E-state index is -0.668. The Balaban J connectivity index is 1.92. The van der Waals surface area contributed by atoms with E-state index in [0.29, 0.717) is 28.4 Å². The standard InChI is InChI=1S/C26H26N4O4/c1-5-18-10-6-7-11-19(18)28-22(31)15-29-25(32)23-16(2)14-17(3)27-24(23)30(26(29)33)20-12-8-9-13-21(20)34-4/h6-14H,5,15H2,1-4H3,(H,28,31). The third kappa shape index (κ3) is 4.10. The quantitative estimate of drug-likeness (QED) is 0.478. The van der Waals surface area contributed by atoms with Crippen molar-refractivity contribution >= 4 is 22.6 Å². The van der Waals surface area contributed by atoms with E-state index in [-0.39, 0.29) is 11.0 Å². The summed E-state index contributed by atoms with van der Waals surface area (Å²) in [5, 5.41) is 3.11. The van der Waals surface area contributed by atoms with Gasteiger partial charge in [0.05, 0.1) is 18.2 Å². The van der Waals surface area contributed by atoms with Crippen LogP contribution in [0.15, 0.2) is 64.2 Å². The van der Waals surface area contributed by atoms with Crippen LogP contribution in [0, 0.1) is 13.8 Å². The van der Waals surface area contributed by atoms with Crippen molar-refractivity contribution in [1.82, 2.24) is 14.1 Å². The molecule has 8 nitrogen and oxygen atoms in total. The predicted molar refractivity (Wildman–Crippen MR) is 132 cm³/mol. The summed E-state index contributed by atoms with van der Waals surface area (Å²) in [6.45, 7) is 5.14. The van der Waals surface area contributed by atoms with Gasteiger partial charge in [0.15, 0.2) is 5.65 Å². The number of carbonyl (C=O) groups is 1. The first-order chi connectivity index (χ1) is 16.3. The summed E-state index contributed by atoms with van der Waals surface area (Å²) in [5.41, 5.74) is 2.38. The van der Waals surface area contributed by atoms with Crippen molar-refractivity contribution in [3.8, 4) is 11.4 Å². The molecule has 8 heteroatoms. The Morgan fingerprint density at radius 2 is 1.76 bits per heavy atom. The monoisotopic (exact) mass is 458 g/mol. The van der Waals surface area contributed by atoms with Crippen LogP contribution in [0.2, 0.25) is 0 Å². The van der Waals surface area contributed by atoms with Crippen molar-refractivity contribution in [2.75, 3.05) is 12.4 Å². The van der Waals surface area contributed by atoms with Crippen LogP contribution in [0.3, 0.4) is 0 Å². The molecular formula is C26H26N4O4. The van der Waals surface area contributed by atoms with Gasteiger partial charge in [-0.05, 0) is 55.7 Å². The smallest absolute Gasteiger partial charge is 0.337 e. The maximum absolute atomic E-state index is 13.7. The number of rotatable bonds is 6. The molecule has 0 fully saturated rings. The van der Waals surface area contributed by atoms with Crippen LogP contribution in [0.1, 0.15) is 23.7 Å². The van der Waals surface area contributed by atoms with Crippen LogP contribution in [0.25, 0.3) is 16.7 Å². The summed E-state index contributed by atoms with van der Waals surface area (Å²) in [6, 6.07) is 16.2. The Morgan fingerprint density at radius 1 is 1.06 bits per heavy atom. The van der Waals surface area contributed by atoms with E-state index >= 15 is 0 Å². The van der Waals surface area contributed by atoms with Gasteiger partial charge < -0.3 is 10.1 Å². The summed E-state index contributed by atoms with van der Waals surface area (Å²) in [6.07, 6.45) is 0.733. The highest BCUT2D eigenvalue weighted by Crippen LogP contribution is 2.24. The molecule has 0 bridgehead atoms. The number of fused-ring (bicyclic) bond motifs is 1. The van der Waals surface area contributed by atoms with Crippen LogP contribution >= 0.6 is 0 Å². The van der Waals surface area contributed by atoms with E-state index in [9.17, 15) is 14.4 Å². The lowest BCUT2D eigenvalue weighted by molar-refractivity contribution is -0.116. The molecule has 0 aliphatic carbocycles. The summed E-state index contributed by atoms with van der Waals surface area (Å²) >= 11 is 0. The number of amides is 1. The molecule has 4 aromatic rings. The summed E-state index contributed by atoms with van der Waals surface area (Å²) in [4.78, 5) is 44.5. The molecule has 0 aliphatic heterocycles. The van der Waals surface area contributed by atoms with Gasteiger partial charge in [0.25, 0.3) is 5.56 Å². The zero-order valence-electron chi connectivity index (χ0n) is 19.6. The molecule has 1 amide bonds. The fourth-order valence-corrected chi connectivity index (χ4v) is 4.13. The van der Waals surface area contributed by atoms with Gasteiger partial charge in [-0.3, -0.25) is 9.59 Å². The molecule has 0 saturated heterocycles. The lowest BCUT2D eigenvalue weighted by Crippen LogP contribution is -2.42. The Morgan fingerprint density at radius 3 is 2.50 bits per heavy atom. The SMILES string of the molecule is CCc1ccccc1NC(=O)Cn1c(=O)c2c(C)cc(C)nc2n(-c2ccccc2OC)c1=O. The summed E-state index contributed by atoms with van der Waals surface area (Å²) in [7, 11) is 1.50. The number of nitrogens with one attached hydrogen (secondary N) is 1. The Kier molecular flexibility index (Phi) is 6.32. The minimum absolute atomic E-state index is 0.227. The van der Waals surface area contributed by atoms with Crippen molar-refractivity contribution < 1.29 is 9.53 Å². The Bertz CT molecular complexity index is 1520. The van der Waals surface area contributed by atoms with Crippen molar-refractivity contribution in [3.05, 3.63) is 92.3 Å². The largest absolute Gasteiger partial charge is 0.495 e. The van der Waals surface area contributed by atoms with E-state index in [1.165, 1.54) is 11.7 Å². The van der Waals surface area contributed by atoms with Crippen LogP contribution in [0.4, 0.5) is 5.69 Å². The molecule has 4 rings (SSSR count). The molecule has 34 heavy (non-hydrogen) atoms. The number of hydrogen-bond acceptors (Lipinski definition) is 5. The number of nitrogens with zero attached hydrogens (tertiary/aromatic N) is 3. The number of aromatic nitrogens is 3. The van der Waals surface area contributed by atoms with Gasteiger partial charge in [0.1, 0.15) is 12.3 Å². The first-order valence-corrected chi connectivity index (χ1v) is 11.0. The normalized spacial score (nSPS) is 10.9. The highest BCUT2D eigenvalue weighted by atomic mass is 16.5. The number of hydrogen-bond donors (Lipinski definition) is 1. The van der Waals surface area contributed by atoms with Crippen molar-refractivity contribution in [1.29, 1.82) is 0 Å². The van der Waals surface area contributed by atoms with Crippen LogP contribution in [0.5, 0.6) is 5.75 Å². The Labute approximate surface area is 196 Å².